The van der Waals surface area contributed by atoms with Crippen molar-refractivity contribution in [2.45, 2.75) is 13.3 Å². The quantitative estimate of drug-likeness (QED) is 0.732. The Labute approximate surface area is 128 Å². The van der Waals surface area contributed by atoms with Crippen LogP contribution in [0.5, 0.6) is 5.75 Å². The van der Waals surface area contributed by atoms with Crippen LogP contribution in [0.3, 0.4) is 0 Å². The van der Waals surface area contributed by atoms with Crippen molar-refractivity contribution in [3.8, 4) is 22.8 Å². The molecule has 0 amide bonds. The molecule has 112 valence electrons. The minimum absolute atomic E-state index is 0.625. The molecule has 0 fully saturated rings. The zero-order valence-electron chi connectivity index (χ0n) is 12.3. The first-order chi connectivity index (χ1) is 10.8. The highest BCUT2D eigenvalue weighted by Crippen LogP contribution is 2.27. The number of tetrazole rings is 1. The van der Waals surface area contributed by atoms with Crippen LogP contribution in [0, 0.1) is 0 Å². The summed E-state index contributed by atoms with van der Waals surface area (Å²) in [5, 5.41) is 12.0. The molecule has 0 aliphatic heterocycles. The zero-order chi connectivity index (χ0) is 15.4. The van der Waals surface area contributed by atoms with Crippen molar-refractivity contribution < 1.29 is 4.74 Å². The second-order valence-corrected chi connectivity index (χ2v) is 4.86. The third-order valence-corrected chi connectivity index (χ3v) is 3.17. The molecule has 1 heterocycles. The fourth-order valence-electron chi connectivity index (χ4n) is 2.17. The fourth-order valence-corrected chi connectivity index (χ4v) is 2.17. The van der Waals surface area contributed by atoms with Gasteiger partial charge in [0.15, 0.2) is 5.82 Å². The van der Waals surface area contributed by atoms with Gasteiger partial charge in [-0.1, -0.05) is 31.2 Å². The predicted molar refractivity (Wildman–Crippen MR) is 84.8 cm³/mol. The van der Waals surface area contributed by atoms with E-state index in [1.165, 1.54) is 0 Å². The topological polar surface area (TPSA) is 78.8 Å². The SMILES string of the molecule is CCCOc1ccccc1-n1nnnc1-c1cccc(N)c1. The third kappa shape index (κ3) is 2.76. The Bertz CT molecular complexity index is 768. The number of hydrogen-bond donors (Lipinski definition) is 1. The van der Waals surface area contributed by atoms with E-state index in [2.05, 4.69) is 22.4 Å². The Hall–Kier alpha value is -2.89. The predicted octanol–water partition coefficient (Wildman–Crippen LogP) is 2.70. The molecule has 0 aliphatic rings. The van der Waals surface area contributed by atoms with Crippen LogP contribution in [0.2, 0.25) is 0 Å². The molecular formula is C16H17N5O. The lowest BCUT2D eigenvalue weighted by molar-refractivity contribution is 0.316. The average molecular weight is 295 g/mol. The van der Waals surface area contributed by atoms with Gasteiger partial charge in [-0.2, -0.15) is 4.68 Å². The highest BCUT2D eigenvalue weighted by atomic mass is 16.5. The molecule has 3 aromatic rings. The molecule has 0 saturated carbocycles. The van der Waals surface area contributed by atoms with Crippen molar-refractivity contribution in [3.63, 3.8) is 0 Å². The summed E-state index contributed by atoms with van der Waals surface area (Å²) in [6.07, 6.45) is 0.937. The smallest absolute Gasteiger partial charge is 0.187 e. The number of nitrogens with two attached hydrogens (primary N) is 1. The van der Waals surface area contributed by atoms with Gasteiger partial charge in [-0.25, -0.2) is 0 Å². The molecule has 6 heteroatoms. The number of anilines is 1. The van der Waals surface area contributed by atoms with Gasteiger partial charge in [0.2, 0.25) is 0 Å². The lowest BCUT2D eigenvalue weighted by atomic mass is 10.2. The maximum atomic E-state index is 5.85. The van der Waals surface area contributed by atoms with Gasteiger partial charge in [-0.05, 0) is 41.1 Å². The molecule has 1 aromatic heterocycles. The molecule has 0 unspecified atom stereocenters. The van der Waals surface area contributed by atoms with Crippen molar-refractivity contribution in [1.82, 2.24) is 20.2 Å². The van der Waals surface area contributed by atoms with Gasteiger partial charge >= 0.3 is 0 Å². The molecule has 2 N–H and O–H groups in total. The standard InChI is InChI=1S/C16H17N5O/c1-2-10-22-15-9-4-3-8-14(15)21-16(18-19-20-21)12-6-5-7-13(17)11-12/h3-9,11H,2,10,17H2,1H3. The normalized spacial score (nSPS) is 10.6. The number of nitrogen functional groups attached to an aromatic ring is 1. The van der Waals surface area contributed by atoms with Gasteiger partial charge in [0.05, 0.1) is 6.61 Å². The number of ether oxygens (including phenoxy) is 1. The average Bonchev–Trinajstić information content (AvgIpc) is 3.02. The Morgan fingerprint density at radius 1 is 1.14 bits per heavy atom. The molecule has 6 nitrogen and oxygen atoms in total. The Morgan fingerprint density at radius 3 is 2.82 bits per heavy atom. The van der Waals surface area contributed by atoms with Gasteiger partial charge < -0.3 is 10.5 Å². The van der Waals surface area contributed by atoms with Crippen LogP contribution in [-0.2, 0) is 0 Å². The van der Waals surface area contributed by atoms with E-state index in [4.69, 9.17) is 10.5 Å². The molecule has 3 rings (SSSR count). The number of hydrogen-bond acceptors (Lipinski definition) is 5. The monoisotopic (exact) mass is 295 g/mol. The molecule has 2 aromatic carbocycles. The van der Waals surface area contributed by atoms with E-state index in [1.54, 1.807) is 4.68 Å². The summed E-state index contributed by atoms with van der Waals surface area (Å²) in [7, 11) is 0. The van der Waals surface area contributed by atoms with Gasteiger partial charge in [-0.15, -0.1) is 5.10 Å². The first-order valence-electron chi connectivity index (χ1n) is 7.16. The van der Waals surface area contributed by atoms with Crippen LogP contribution in [0.25, 0.3) is 17.1 Å². The van der Waals surface area contributed by atoms with Crippen molar-refractivity contribution in [3.05, 3.63) is 48.5 Å². The minimum Gasteiger partial charge on any atom is -0.491 e. The second-order valence-electron chi connectivity index (χ2n) is 4.86. The van der Waals surface area contributed by atoms with Gasteiger partial charge in [0.25, 0.3) is 0 Å². The molecule has 22 heavy (non-hydrogen) atoms. The maximum Gasteiger partial charge on any atom is 0.187 e. The van der Waals surface area contributed by atoms with Gasteiger partial charge in [-0.3, -0.25) is 0 Å². The molecule has 0 radical (unpaired) electrons. The summed E-state index contributed by atoms with van der Waals surface area (Å²) in [6, 6.07) is 15.2. The van der Waals surface area contributed by atoms with Crippen LogP contribution >= 0.6 is 0 Å². The number of aromatic nitrogens is 4. The van der Waals surface area contributed by atoms with E-state index in [0.29, 0.717) is 18.1 Å². The van der Waals surface area contributed by atoms with Crippen LogP contribution in [-0.4, -0.2) is 26.8 Å². The molecule has 0 aliphatic carbocycles. The van der Waals surface area contributed by atoms with E-state index in [0.717, 1.165) is 23.4 Å². The van der Waals surface area contributed by atoms with Crippen molar-refractivity contribution >= 4 is 5.69 Å². The Morgan fingerprint density at radius 2 is 2.00 bits per heavy atom. The lowest BCUT2D eigenvalue weighted by Gasteiger charge is -2.11. The number of para-hydroxylation sites is 2. The van der Waals surface area contributed by atoms with Crippen molar-refractivity contribution in [1.29, 1.82) is 0 Å². The summed E-state index contributed by atoms with van der Waals surface area (Å²) in [5.74, 6) is 1.38. The fraction of sp³-hybridized carbons (Fsp3) is 0.188. The molecule has 0 bridgehead atoms. The second kappa shape index (κ2) is 6.26. The van der Waals surface area contributed by atoms with E-state index in [9.17, 15) is 0 Å². The van der Waals surface area contributed by atoms with Crippen LogP contribution < -0.4 is 10.5 Å². The van der Waals surface area contributed by atoms with Crippen LogP contribution in [0.1, 0.15) is 13.3 Å². The lowest BCUT2D eigenvalue weighted by Crippen LogP contribution is -2.05. The highest BCUT2D eigenvalue weighted by molar-refractivity contribution is 5.63. The molecule has 0 atom stereocenters. The van der Waals surface area contributed by atoms with E-state index in [-0.39, 0.29) is 0 Å². The van der Waals surface area contributed by atoms with E-state index in [1.807, 2.05) is 48.5 Å². The molecular weight excluding hydrogens is 278 g/mol. The largest absolute Gasteiger partial charge is 0.491 e. The van der Waals surface area contributed by atoms with E-state index < -0.39 is 0 Å². The number of benzene rings is 2. The Kier molecular flexibility index (Phi) is 4.00. The molecule has 0 saturated heterocycles. The number of rotatable bonds is 5. The van der Waals surface area contributed by atoms with E-state index >= 15 is 0 Å². The van der Waals surface area contributed by atoms with Crippen molar-refractivity contribution in [2.75, 3.05) is 12.3 Å². The molecule has 0 spiro atoms. The first-order valence-corrected chi connectivity index (χ1v) is 7.16. The highest BCUT2D eigenvalue weighted by Gasteiger charge is 2.14. The number of nitrogens with zero attached hydrogens (tertiary/aromatic N) is 4. The zero-order valence-corrected chi connectivity index (χ0v) is 12.3. The van der Waals surface area contributed by atoms with Gasteiger partial charge in [0, 0.05) is 11.3 Å². The van der Waals surface area contributed by atoms with Gasteiger partial charge in [0.1, 0.15) is 11.4 Å². The third-order valence-electron chi connectivity index (χ3n) is 3.17. The Balaban J connectivity index is 2.06. The van der Waals surface area contributed by atoms with Crippen LogP contribution in [0.15, 0.2) is 48.5 Å². The summed E-state index contributed by atoms with van der Waals surface area (Å²) in [4.78, 5) is 0. The van der Waals surface area contributed by atoms with Crippen LogP contribution in [0.4, 0.5) is 5.69 Å². The first kappa shape index (κ1) is 14.1. The minimum atomic E-state index is 0.625. The summed E-state index contributed by atoms with van der Waals surface area (Å²) >= 11 is 0. The maximum absolute atomic E-state index is 5.85. The summed E-state index contributed by atoms with van der Waals surface area (Å²) in [5.41, 5.74) is 8.18. The van der Waals surface area contributed by atoms with Crippen molar-refractivity contribution in [2.24, 2.45) is 0 Å². The summed E-state index contributed by atoms with van der Waals surface area (Å²) in [6.45, 7) is 2.71. The summed E-state index contributed by atoms with van der Waals surface area (Å²) < 4.78 is 7.45.